The molecular formula is C26H24N4O4S2. The van der Waals surface area contributed by atoms with E-state index in [1.165, 1.54) is 23.1 Å². The molecule has 36 heavy (non-hydrogen) atoms. The number of nitrogens with zero attached hydrogens (tertiary/aromatic N) is 3. The summed E-state index contributed by atoms with van der Waals surface area (Å²) >= 11 is 2.65. The molecule has 0 bridgehead atoms. The molecule has 0 radical (unpaired) electrons. The van der Waals surface area contributed by atoms with Crippen LogP contribution < -0.4 is 15.6 Å². The Balaban J connectivity index is 1.51. The predicted molar refractivity (Wildman–Crippen MR) is 142 cm³/mol. The van der Waals surface area contributed by atoms with Crippen LogP contribution in [0.25, 0.3) is 15.9 Å². The number of methoxy groups -OCH3 is 1. The molecule has 0 fully saturated rings. The number of thiophene rings is 1. The SMILES string of the molecule is COc1ccccc1NC(=O)CSc1nc2sc3c(c2c(=O)n1-c1ccccc1)CCN(C(C)=O)C3. The van der Waals surface area contributed by atoms with Crippen LogP contribution in [0.5, 0.6) is 5.75 Å². The van der Waals surface area contributed by atoms with Crippen molar-refractivity contribution >= 4 is 50.8 Å². The molecule has 0 aliphatic carbocycles. The summed E-state index contributed by atoms with van der Waals surface area (Å²) in [5.74, 6) is 0.415. The van der Waals surface area contributed by atoms with E-state index in [2.05, 4.69) is 5.32 Å². The highest BCUT2D eigenvalue weighted by molar-refractivity contribution is 7.99. The number of hydrogen-bond acceptors (Lipinski definition) is 7. The van der Waals surface area contributed by atoms with Crippen LogP contribution in [-0.2, 0) is 22.6 Å². The maximum atomic E-state index is 13.8. The first-order chi connectivity index (χ1) is 17.5. The van der Waals surface area contributed by atoms with Crippen LogP contribution in [0.4, 0.5) is 5.69 Å². The number of thioether (sulfide) groups is 1. The quantitative estimate of drug-likeness (QED) is 0.304. The summed E-state index contributed by atoms with van der Waals surface area (Å²) in [6.45, 7) is 2.63. The van der Waals surface area contributed by atoms with Crippen LogP contribution in [0.2, 0.25) is 0 Å². The number of rotatable bonds is 6. The van der Waals surface area contributed by atoms with Crippen molar-refractivity contribution in [2.75, 3.05) is 24.7 Å². The van der Waals surface area contributed by atoms with Gasteiger partial charge in [-0.15, -0.1) is 11.3 Å². The van der Waals surface area contributed by atoms with Crippen molar-refractivity contribution in [3.05, 3.63) is 75.4 Å². The molecule has 0 atom stereocenters. The molecule has 3 heterocycles. The summed E-state index contributed by atoms with van der Waals surface area (Å²) in [6, 6.07) is 16.5. The summed E-state index contributed by atoms with van der Waals surface area (Å²) in [6.07, 6.45) is 0.619. The number of carbonyl (C=O) groups excluding carboxylic acids is 2. The maximum absolute atomic E-state index is 13.8. The van der Waals surface area contributed by atoms with E-state index in [4.69, 9.17) is 9.72 Å². The first kappa shape index (κ1) is 24.1. The molecule has 2 amide bonds. The first-order valence-electron chi connectivity index (χ1n) is 11.4. The smallest absolute Gasteiger partial charge is 0.267 e. The second-order valence-electron chi connectivity index (χ2n) is 8.28. The molecular weight excluding hydrogens is 496 g/mol. The van der Waals surface area contributed by atoms with E-state index in [0.717, 1.165) is 10.4 Å². The zero-order chi connectivity index (χ0) is 25.2. The molecule has 2 aromatic heterocycles. The number of amides is 2. The monoisotopic (exact) mass is 520 g/mol. The lowest BCUT2D eigenvalue weighted by Crippen LogP contribution is -2.34. The lowest BCUT2D eigenvalue weighted by atomic mass is 10.1. The van der Waals surface area contributed by atoms with Gasteiger partial charge in [0, 0.05) is 18.3 Å². The summed E-state index contributed by atoms with van der Waals surface area (Å²) < 4.78 is 6.89. The second-order valence-corrected chi connectivity index (χ2v) is 10.3. The molecule has 0 saturated heterocycles. The molecule has 1 aliphatic rings. The number of para-hydroxylation sites is 3. The number of benzene rings is 2. The van der Waals surface area contributed by atoms with E-state index >= 15 is 0 Å². The van der Waals surface area contributed by atoms with Crippen molar-refractivity contribution in [2.45, 2.75) is 25.0 Å². The van der Waals surface area contributed by atoms with Gasteiger partial charge in [0.2, 0.25) is 11.8 Å². The average Bonchev–Trinajstić information content (AvgIpc) is 3.26. The Morgan fingerprint density at radius 2 is 1.89 bits per heavy atom. The highest BCUT2D eigenvalue weighted by Crippen LogP contribution is 2.34. The van der Waals surface area contributed by atoms with E-state index in [0.29, 0.717) is 52.0 Å². The largest absolute Gasteiger partial charge is 0.495 e. The predicted octanol–water partition coefficient (Wildman–Crippen LogP) is 4.09. The fourth-order valence-corrected chi connectivity index (χ4v) is 6.35. The minimum Gasteiger partial charge on any atom is -0.495 e. The third kappa shape index (κ3) is 4.61. The van der Waals surface area contributed by atoms with Crippen molar-refractivity contribution in [1.82, 2.24) is 14.5 Å². The van der Waals surface area contributed by atoms with Crippen LogP contribution in [-0.4, -0.2) is 45.7 Å². The minimum absolute atomic E-state index is 0.0186. The van der Waals surface area contributed by atoms with Crippen LogP contribution in [0.15, 0.2) is 64.5 Å². The van der Waals surface area contributed by atoms with Gasteiger partial charge in [-0.2, -0.15) is 0 Å². The summed E-state index contributed by atoms with van der Waals surface area (Å²) in [4.78, 5) is 46.8. The molecule has 1 N–H and O–H groups in total. The third-order valence-corrected chi connectivity index (χ3v) is 8.07. The summed E-state index contributed by atoms with van der Waals surface area (Å²) in [5, 5.41) is 3.91. The molecule has 0 unspecified atom stereocenters. The van der Waals surface area contributed by atoms with Crippen molar-refractivity contribution in [2.24, 2.45) is 0 Å². The fraction of sp³-hybridized carbons (Fsp3) is 0.231. The highest BCUT2D eigenvalue weighted by Gasteiger charge is 2.26. The van der Waals surface area contributed by atoms with E-state index in [-0.39, 0.29) is 23.1 Å². The number of aromatic nitrogens is 2. The highest BCUT2D eigenvalue weighted by atomic mass is 32.2. The Morgan fingerprint density at radius 1 is 1.14 bits per heavy atom. The molecule has 10 heteroatoms. The lowest BCUT2D eigenvalue weighted by molar-refractivity contribution is -0.129. The van der Waals surface area contributed by atoms with E-state index in [1.54, 1.807) is 35.6 Å². The topological polar surface area (TPSA) is 93.5 Å². The van der Waals surface area contributed by atoms with Crippen LogP contribution in [0.1, 0.15) is 17.4 Å². The van der Waals surface area contributed by atoms with Crippen LogP contribution >= 0.6 is 23.1 Å². The number of hydrogen-bond donors (Lipinski definition) is 1. The van der Waals surface area contributed by atoms with Gasteiger partial charge in [-0.1, -0.05) is 42.1 Å². The molecule has 0 spiro atoms. The van der Waals surface area contributed by atoms with Gasteiger partial charge in [0.15, 0.2) is 5.16 Å². The first-order valence-corrected chi connectivity index (χ1v) is 13.2. The van der Waals surface area contributed by atoms with Gasteiger partial charge in [-0.3, -0.25) is 19.0 Å². The molecule has 4 aromatic rings. The minimum atomic E-state index is -0.235. The number of carbonyl (C=O) groups is 2. The Hall–Kier alpha value is -3.63. The number of nitrogens with one attached hydrogen (secondary N) is 1. The molecule has 0 saturated carbocycles. The molecule has 1 aliphatic heterocycles. The lowest BCUT2D eigenvalue weighted by Gasteiger charge is -2.25. The van der Waals surface area contributed by atoms with Gasteiger partial charge in [-0.05, 0) is 36.2 Å². The van der Waals surface area contributed by atoms with Gasteiger partial charge in [-0.25, -0.2) is 4.98 Å². The zero-order valence-electron chi connectivity index (χ0n) is 19.8. The van der Waals surface area contributed by atoms with Crippen molar-refractivity contribution in [3.8, 4) is 11.4 Å². The maximum Gasteiger partial charge on any atom is 0.267 e. The van der Waals surface area contributed by atoms with Crippen molar-refractivity contribution in [1.29, 1.82) is 0 Å². The van der Waals surface area contributed by atoms with Crippen LogP contribution in [0, 0.1) is 0 Å². The number of ether oxygens (including phenoxy) is 1. The summed E-state index contributed by atoms with van der Waals surface area (Å²) in [7, 11) is 1.55. The Bertz CT molecular complexity index is 1510. The Morgan fingerprint density at radius 3 is 2.64 bits per heavy atom. The van der Waals surface area contributed by atoms with Gasteiger partial charge < -0.3 is 15.0 Å². The average molecular weight is 521 g/mol. The van der Waals surface area contributed by atoms with Gasteiger partial charge in [0.25, 0.3) is 5.56 Å². The number of anilines is 1. The molecule has 184 valence electrons. The standard InChI is InChI=1S/C26H24N4O4S2/c1-16(31)29-13-12-18-21(14-29)36-24-23(18)25(33)30(17-8-4-3-5-9-17)26(28-24)35-15-22(32)27-19-10-6-7-11-20(19)34-2/h3-11H,12-15H2,1-2H3,(H,27,32). The van der Waals surface area contributed by atoms with E-state index in [9.17, 15) is 14.4 Å². The second kappa shape index (κ2) is 10.2. The molecule has 8 nitrogen and oxygen atoms in total. The molecule has 5 rings (SSSR count). The number of fused-ring (bicyclic) bond motifs is 3. The Labute approximate surface area is 215 Å². The van der Waals surface area contributed by atoms with Gasteiger partial charge in [0.1, 0.15) is 10.6 Å². The van der Waals surface area contributed by atoms with Crippen LogP contribution in [0.3, 0.4) is 0 Å². The van der Waals surface area contributed by atoms with E-state index < -0.39 is 0 Å². The zero-order valence-corrected chi connectivity index (χ0v) is 21.4. The van der Waals surface area contributed by atoms with Crippen molar-refractivity contribution < 1.29 is 14.3 Å². The van der Waals surface area contributed by atoms with Gasteiger partial charge in [0.05, 0.1) is 36.2 Å². The third-order valence-electron chi connectivity index (χ3n) is 6.02. The summed E-state index contributed by atoms with van der Waals surface area (Å²) in [5.41, 5.74) is 2.08. The van der Waals surface area contributed by atoms with Crippen molar-refractivity contribution in [3.63, 3.8) is 0 Å². The van der Waals surface area contributed by atoms with E-state index in [1.807, 2.05) is 42.5 Å². The fourth-order valence-electron chi connectivity index (χ4n) is 4.26. The molecule has 2 aromatic carbocycles. The van der Waals surface area contributed by atoms with Gasteiger partial charge >= 0.3 is 0 Å². The normalized spacial score (nSPS) is 12.9. The Kier molecular flexibility index (Phi) is 6.80.